The zero-order valence-corrected chi connectivity index (χ0v) is 7.41. The van der Waals surface area contributed by atoms with Gasteiger partial charge in [-0.3, -0.25) is 0 Å². The zero-order valence-electron chi connectivity index (χ0n) is 7.41. The third-order valence-corrected chi connectivity index (χ3v) is 2.56. The van der Waals surface area contributed by atoms with Crippen LogP contribution in [0, 0.1) is 10.8 Å². The minimum absolute atomic E-state index is 0.366. The first-order valence-corrected chi connectivity index (χ1v) is 4.18. The van der Waals surface area contributed by atoms with Gasteiger partial charge < -0.3 is 5.73 Å². The van der Waals surface area contributed by atoms with Gasteiger partial charge in [-0.25, -0.2) is 0 Å². The minimum atomic E-state index is 0.366. The van der Waals surface area contributed by atoms with Crippen molar-refractivity contribution < 1.29 is 0 Å². The summed E-state index contributed by atoms with van der Waals surface area (Å²) in [5.41, 5.74) is 6.66. The topological polar surface area (TPSA) is 26.0 Å². The van der Waals surface area contributed by atoms with Gasteiger partial charge in [0.25, 0.3) is 0 Å². The van der Waals surface area contributed by atoms with Crippen LogP contribution in [0.25, 0.3) is 0 Å². The molecule has 2 N–H and O–H groups in total. The Bertz CT molecular complexity index is 123. The van der Waals surface area contributed by atoms with E-state index in [0.717, 1.165) is 6.54 Å². The summed E-state index contributed by atoms with van der Waals surface area (Å²) in [4.78, 5) is 0. The largest absolute Gasteiger partial charge is 0.330 e. The zero-order chi connectivity index (χ0) is 7.83. The molecule has 1 aliphatic rings. The first-order chi connectivity index (χ1) is 4.47. The average molecular weight is 141 g/mol. The van der Waals surface area contributed by atoms with E-state index in [9.17, 15) is 0 Å². The standard InChI is InChI=1S/C9H19N/c1-8(2,7-10)6-9(3)4-5-9/h4-7,10H2,1-3H3. The maximum atomic E-state index is 5.64. The van der Waals surface area contributed by atoms with Gasteiger partial charge in [0.05, 0.1) is 0 Å². The SMILES string of the molecule is CC(C)(CN)CC1(C)CC1. The van der Waals surface area contributed by atoms with Crippen LogP contribution in [-0.4, -0.2) is 6.54 Å². The summed E-state index contributed by atoms with van der Waals surface area (Å²) in [5.74, 6) is 0. The second-order valence-electron chi connectivity index (χ2n) is 4.86. The predicted molar refractivity (Wildman–Crippen MR) is 44.8 cm³/mol. The molecular weight excluding hydrogens is 122 g/mol. The molecule has 1 nitrogen and oxygen atoms in total. The third-order valence-electron chi connectivity index (χ3n) is 2.56. The first kappa shape index (κ1) is 8.06. The van der Waals surface area contributed by atoms with Gasteiger partial charge in [0.1, 0.15) is 0 Å². The van der Waals surface area contributed by atoms with Gasteiger partial charge in [-0.05, 0) is 36.6 Å². The Morgan fingerprint density at radius 2 is 1.90 bits per heavy atom. The number of rotatable bonds is 3. The molecule has 0 bridgehead atoms. The Labute approximate surface area is 64.0 Å². The van der Waals surface area contributed by atoms with Gasteiger partial charge in [-0.2, -0.15) is 0 Å². The molecule has 1 aliphatic carbocycles. The monoisotopic (exact) mass is 141 g/mol. The summed E-state index contributed by atoms with van der Waals surface area (Å²) >= 11 is 0. The average Bonchev–Trinajstić information content (AvgIpc) is 2.47. The second kappa shape index (κ2) is 2.23. The van der Waals surface area contributed by atoms with Gasteiger partial charge >= 0.3 is 0 Å². The van der Waals surface area contributed by atoms with E-state index in [0.29, 0.717) is 10.8 Å². The number of nitrogens with two attached hydrogens (primary N) is 1. The van der Waals surface area contributed by atoms with E-state index in [-0.39, 0.29) is 0 Å². The Kier molecular flexibility index (Phi) is 1.80. The van der Waals surface area contributed by atoms with Crippen molar-refractivity contribution in [1.29, 1.82) is 0 Å². The molecule has 0 aromatic carbocycles. The van der Waals surface area contributed by atoms with Crippen LogP contribution in [0.15, 0.2) is 0 Å². The van der Waals surface area contributed by atoms with Crippen LogP contribution in [0.3, 0.4) is 0 Å². The lowest BCUT2D eigenvalue weighted by Crippen LogP contribution is -2.26. The van der Waals surface area contributed by atoms with E-state index in [4.69, 9.17) is 5.73 Å². The Morgan fingerprint density at radius 1 is 1.40 bits per heavy atom. The van der Waals surface area contributed by atoms with Crippen LogP contribution >= 0.6 is 0 Å². The molecule has 1 rings (SSSR count). The van der Waals surface area contributed by atoms with Crippen molar-refractivity contribution in [3.05, 3.63) is 0 Å². The predicted octanol–water partition coefficient (Wildman–Crippen LogP) is 2.16. The maximum absolute atomic E-state index is 5.64. The van der Waals surface area contributed by atoms with Gasteiger partial charge in [-0.1, -0.05) is 20.8 Å². The van der Waals surface area contributed by atoms with Gasteiger partial charge in [0.2, 0.25) is 0 Å². The van der Waals surface area contributed by atoms with Crippen LogP contribution < -0.4 is 5.73 Å². The molecule has 1 saturated carbocycles. The molecule has 0 aliphatic heterocycles. The molecule has 10 heavy (non-hydrogen) atoms. The van der Waals surface area contributed by atoms with Crippen molar-refractivity contribution >= 4 is 0 Å². The summed E-state index contributed by atoms with van der Waals surface area (Å²) < 4.78 is 0. The highest BCUT2D eigenvalue weighted by Gasteiger charge is 2.41. The van der Waals surface area contributed by atoms with Crippen LogP contribution in [-0.2, 0) is 0 Å². The van der Waals surface area contributed by atoms with Crippen molar-refractivity contribution in [2.75, 3.05) is 6.54 Å². The Morgan fingerprint density at radius 3 is 2.20 bits per heavy atom. The van der Waals surface area contributed by atoms with E-state index in [2.05, 4.69) is 20.8 Å². The fourth-order valence-electron chi connectivity index (χ4n) is 1.62. The minimum Gasteiger partial charge on any atom is -0.330 e. The maximum Gasteiger partial charge on any atom is -0.00256 e. The van der Waals surface area contributed by atoms with Crippen molar-refractivity contribution in [3.63, 3.8) is 0 Å². The molecular formula is C9H19N. The quantitative estimate of drug-likeness (QED) is 0.640. The third kappa shape index (κ3) is 1.98. The molecule has 0 amide bonds. The van der Waals surface area contributed by atoms with E-state index < -0.39 is 0 Å². The molecule has 60 valence electrons. The van der Waals surface area contributed by atoms with Crippen molar-refractivity contribution in [2.24, 2.45) is 16.6 Å². The Hall–Kier alpha value is -0.0400. The Balaban J connectivity index is 2.36. The molecule has 0 aromatic heterocycles. The van der Waals surface area contributed by atoms with Crippen LogP contribution in [0.2, 0.25) is 0 Å². The molecule has 0 radical (unpaired) electrons. The summed E-state index contributed by atoms with van der Waals surface area (Å²) in [6, 6.07) is 0. The van der Waals surface area contributed by atoms with Crippen LogP contribution in [0.5, 0.6) is 0 Å². The smallest absolute Gasteiger partial charge is 0.00256 e. The van der Waals surface area contributed by atoms with Crippen LogP contribution in [0.4, 0.5) is 0 Å². The second-order valence-corrected chi connectivity index (χ2v) is 4.86. The van der Waals surface area contributed by atoms with E-state index in [1.165, 1.54) is 19.3 Å². The highest BCUT2D eigenvalue weighted by Crippen LogP contribution is 2.52. The lowest BCUT2D eigenvalue weighted by Gasteiger charge is -2.25. The van der Waals surface area contributed by atoms with Gasteiger partial charge in [0.15, 0.2) is 0 Å². The van der Waals surface area contributed by atoms with Crippen molar-refractivity contribution in [1.82, 2.24) is 0 Å². The summed E-state index contributed by atoms with van der Waals surface area (Å²) in [5, 5.41) is 0. The summed E-state index contributed by atoms with van der Waals surface area (Å²) in [6.45, 7) is 7.71. The van der Waals surface area contributed by atoms with Gasteiger partial charge in [-0.15, -0.1) is 0 Å². The fraction of sp³-hybridized carbons (Fsp3) is 1.00. The number of hydrogen-bond acceptors (Lipinski definition) is 1. The molecule has 0 heterocycles. The molecule has 0 atom stereocenters. The van der Waals surface area contributed by atoms with Crippen LogP contribution in [0.1, 0.15) is 40.0 Å². The molecule has 0 unspecified atom stereocenters. The normalized spacial score (nSPS) is 22.8. The van der Waals surface area contributed by atoms with Crippen molar-refractivity contribution in [3.8, 4) is 0 Å². The van der Waals surface area contributed by atoms with E-state index in [1.807, 2.05) is 0 Å². The molecule has 0 aromatic rings. The molecule has 1 fully saturated rings. The summed E-state index contributed by atoms with van der Waals surface area (Å²) in [7, 11) is 0. The first-order valence-electron chi connectivity index (χ1n) is 4.18. The summed E-state index contributed by atoms with van der Waals surface area (Å²) in [6.07, 6.45) is 4.13. The molecule has 0 saturated heterocycles. The van der Waals surface area contributed by atoms with E-state index >= 15 is 0 Å². The van der Waals surface area contributed by atoms with Gasteiger partial charge in [0, 0.05) is 0 Å². The lowest BCUT2D eigenvalue weighted by atomic mass is 9.82. The van der Waals surface area contributed by atoms with Crippen molar-refractivity contribution in [2.45, 2.75) is 40.0 Å². The lowest BCUT2D eigenvalue weighted by molar-refractivity contribution is 0.273. The number of hydrogen-bond donors (Lipinski definition) is 1. The fourth-order valence-corrected chi connectivity index (χ4v) is 1.62. The molecule has 0 spiro atoms. The molecule has 1 heteroatoms. The van der Waals surface area contributed by atoms with E-state index in [1.54, 1.807) is 0 Å². The highest BCUT2D eigenvalue weighted by molar-refractivity contribution is 4.92. The highest BCUT2D eigenvalue weighted by atomic mass is 14.6.